The smallest absolute Gasteiger partial charge is 0.445 e. The minimum Gasteiger partial charge on any atom is -0.459 e. The van der Waals surface area contributed by atoms with Crippen molar-refractivity contribution >= 4 is 22.9 Å². The molecule has 7 nitrogen and oxygen atoms in total. The number of nitrogens with zero attached hydrogens (tertiary/aromatic N) is 5. The van der Waals surface area contributed by atoms with Crippen LogP contribution < -0.4 is 18.8 Å². The molecule has 1 aromatic carbocycles. The van der Waals surface area contributed by atoms with Crippen LogP contribution in [0.25, 0.3) is 11.4 Å². The summed E-state index contributed by atoms with van der Waals surface area (Å²) in [6.07, 6.45) is -0.320. The fourth-order valence-electron chi connectivity index (χ4n) is 3.93. The number of amides is 1. The molecule has 0 unspecified atom stereocenters. The van der Waals surface area contributed by atoms with Gasteiger partial charge in [0, 0.05) is 36.0 Å². The van der Waals surface area contributed by atoms with E-state index in [-0.39, 0.29) is 22.6 Å². The molecule has 0 spiro atoms. The van der Waals surface area contributed by atoms with Gasteiger partial charge in [-0.1, -0.05) is 16.4 Å². The van der Waals surface area contributed by atoms with Crippen molar-refractivity contribution in [1.29, 1.82) is 0 Å². The van der Waals surface area contributed by atoms with Crippen LogP contribution in [-0.4, -0.2) is 28.8 Å². The lowest BCUT2D eigenvalue weighted by molar-refractivity contribution is -0.794. The average Bonchev–Trinajstić information content (AvgIpc) is 3.39. The molecular formula is C26H25F4N5O2S+2. The molecule has 0 N–H and O–H groups in total. The Morgan fingerprint density at radius 1 is 0.974 bits per heavy atom. The van der Waals surface area contributed by atoms with Gasteiger partial charge in [0.05, 0.1) is 0 Å². The third-order valence-electron chi connectivity index (χ3n) is 5.58. The third-order valence-corrected chi connectivity index (χ3v) is 6.46. The molecule has 0 bridgehead atoms. The number of hydrogen-bond donors (Lipinski definition) is 0. The van der Waals surface area contributed by atoms with Crippen LogP contribution in [0.3, 0.4) is 0 Å². The second kappa shape index (κ2) is 11.6. The minimum atomic E-state index is -4.61. The van der Waals surface area contributed by atoms with Gasteiger partial charge in [-0.2, -0.15) is 22.3 Å². The fourth-order valence-corrected chi connectivity index (χ4v) is 4.49. The molecule has 38 heavy (non-hydrogen) atoms. The van der Waals surface area contributed by atoms with Crippen molar-refractivity contribution in [3.8, 4) is 16.6 Å². The van der Waals surface area contributed by atoms with Crippen LogP contribution in [0.4, 0.5) is 23.2 Å². The predicted octanol–water partition coefficient (Wildman–Crippen LogP) is 4.46. The molecular weight excluding hydrogens is 522 g/mol. The number of rotatable bonds is 5. The van der Waals surface area contributed by atoms with Gasteiger partial charge in [-0.25, -0.2) is 4.39 Å². The number of hydrogen-bond acceptors (Lipinski definition) is 5. The standard InChI is InChI=1S/C14H13F4N3O2S.C12H12N2/c1-8(2)21(10-5-3-9(15)4-6-10)11(22)7-23-13-20-19-12(24-13)14(16,17)18;1-3-7-13-9-10-14-8-4-2-6-12(14)11(13)5-1/h3-6,8H,7H2,1-2H3;1-8H,9-10H2/q;+2. The Morgan fingerprint density at radius 2 is 1.55 bits per heavy atom. The van der Waals surface area contributed by atoms with Gasteiger partial charge in [0.2, 0.25) is 18.1 Å². The van der Waals surface area contributed by atoms with Crippen LogP contribution in [-0.2, 0) is 24.1 Å². The van der Waals surface area contributed by atoms with Crippen molar-refractivity contribution in [2.75, 3.05) is 11.5 Å². The van der Waals surface area contributed by atoms with E-state index in [4.69, 9.17) is 4.74 Å². The zero-order valence-electron chi connectivity index (χ0n) is 20.6. The Labute approximate surface area is 220 Å². The number of ether oxygens (including phenoxy) is 1. The number of halogens is 4. The quantitative estimate of drug-likeness (QED) is 0.274. The number of anilines is 1. The second-order valence-corrected chi connectivity index (χ2v) is 9.49. The summed E-state index contributed by atoms with van der Waals surface area (Å²) in [5.41, 5.74) is 3.06. The fraction of sp³-hybridized carbons (Fsp3) is 0.269. The lowest BCUT2D eigenvalue weighted by atomic mass is 10.2. The molecule has 198 valence electrons. The minimum absolute atomic E-state index is 0.210. The van der Waals surface area contributed by atoms with Gasteiger partial charge >= 0.3 is 6.18 Å². The van der Waals surface area contributed by atoms with Crippen molar-refractivity contribution in [3.63, 3.8) is 0 Å². The van der Waals surface area contributed by atoms with Gasteiger partial charge < -0.3 is 9.64 Å². The normalized spacial score (nSPS) is 12.2. The first kappa shape index (κ1) is 27.1. The van der Waals surface area contributed by atoms with E-state index in [1.54, 1.807) is 13.8 Å². The molecule has 0 atom stereocenters. The zero-order valence-corrected chi connectivity index (χ0v) is 21.4. The van der Waals surface area contributed by atoms with E-state index in [1.165, 1.54) is 40.6 Å². The van der Waals surface area contributed by atoms with Crippen LogP contribution in [0.2, 0.25) is 0 Å². The summed E-state index contributed by atoms with van der Waals surface area (Å²) in [6.45, 7) is 5.11. The number of benzene rings is 1. The summed E-state index contributed by atoms with van der Waals surface area (Å²) < 4.78 is 59.9. The van der Waals surface area contributed by atoms with Crippen molar-refractivity contribution in [2.24, 2.45) is 0 Å². The maximum atomic E-state index is 13.0. The maximum absolute atomic E-state index is 13.0. The molecule has 4 heterocycles. The summed E-state index contributed by atoms with van der Waals surface area (Å²) in [6, 6.07) is 17.7. The first-order valence-electron chi connectivity index (χ1n) is 11.7. The highest BCUT2D eigenvalue weighted by Crippen LogP contribution is 2.33. The molecule has 0 radical (unpaired) electrons. The SMILES string of the molecule is CC(C)N(C(=O)COc1nnc(C(F)(F)F)s1)c1ccc(F)cc1.c1cc[n+]2c(c1)-c1cccc[n+]1CC2. The van der Waals surface area contributed by atoms with Crippen LogP contribution >= 0.6 is 11.3 Å². The summed E-state index contributed by atoms with van der Waals surface area (Å²) >= 11 is 0.210. The lowest BCUT2D eigenvalue weighted by Crippen LogP contribution is -2.52. The lowest BCUT2D eigenvalue weighted by Gasteiger charge is -2.26. The van der Waals surface area contributed by atoms with Gasteiger partial charge in [-0.3, -0.25) is 4.79 Å². The van der Waals surface area contributed by atoms with Gasteiger partial charge in [-0.05, 0) is 50.2 Å². The third kappa shape index (κ3) is 6.49. The molecule has 1 amide bonds. The molecule has 5 rings (SSSR count). The molecule has 3 aromatic heterocycles. The molecule has 4 aromatic rings. The highest BCUT2D eigenvalue weighted by Gasteiger charge is 2.36. The first-order valence-corrected chi connectivity index (χ1v) is 12.5. The monoisotopic (exact) mass is 547 g/mol. The number of aromatic nitrogens is 4. The van der Waals surface area contributed by atoms with Gasteiger partial charge in [0.1, 0.15) is 5.82 Å². The molecule has 0 saturated carbocycles. The summed E-state index contributed by atoms with van der Waals surface area (Å²) in [5.74, 6) is -0.944. The van der Waals surface area contributed by atoms with E-state index in [0.717, 1.165) is 13.1 Å². The maximum Gasteiger partial charge on any atom is 0.445 e. The van der Waals surface area contributed by atoms with E-state index in [2.05, 4.69) is 68.1 Å². The Kier molecular flexibility index (Phi) is 8.30. The van der Waals surface area contributed by atoms with Crippen molar-refractivity contribution < 1.29 is 36.2 Å². The van der Waals surface area contributed by atoms with Crippen molar-refractivity contribution in [2.45, 2.75) is 39.2 Å². The topological polar surface area (TPSA) is 63.1 Å². The predicted molar refractivity (Wildman–Crippen MR) is 132 cm³/mol. The van der Waals surface area contributed by atoms with Gasteiger partial charge in [-0.15, -0.1) is 5.10 Å². The molecule has 0 fully saturated rings. The number of fused-ring (bicyclic) bond motifs is 3. The van der Waals surface area contributed by atoms with Crippen LogP contribution in [0.1, 0.15) is 18.9 Å². The Hall–Kier alpha value is -3.93. The Balaban J connectivity index is 0.000000201. The number of pyridine rings is 2. The number of alkyl halides is 3. The van der Waals surface area contributed by atoms with Crippen molar-refractivity contribution in [3.05, 3.63) is 83.9 Å². The van der Waals surface area contributed by atoms with Crippen LogP contribution in [0.5, 0.6) is 5.19 Å². The van der Waals surface area contributed by atoms with Crippen LogP contribution in [0, 0.1) is 5.82 Å². The van der Waals surface area contributed by atoms with E-state index >= 15 is 0 Å². The van der Waals surface area contributed by atoms with Gasteiger partial charge in [0.25, 0.3) is 22.5 Å². The highest BCUT2D eigenvalue weighted by molar-refractivity contribution is 7.13. The molecule has 1 aliphatic heterocycles. The number of carbonyl (C=O) groups excluding carboxylic acids is 1. The number of aryl methyl sites for hydroxylation is 2. The first-order chi connectivity index (χ1) is 18.1. The van der Waals surface area contributed by atoms with Gasteiger partial charge in [0.15, 0.2) is 19.0 Å². The Bertz CT molecular complexity index is 1350. The van der Waals surface area contributed by atoms with Crippen LogP contribution in [0.15, 0.2) is 73.1 Å². The highest BCUT2D eigenvalue weighted by atomic mass is 32.1. The van der Waals surface area contributed by atoms with E-state index < -0.39 is 29.5 Å². The average molecular weight is 548 g/mol. The Morgan fingerprint density at radius 3 is 2.05 bits per heavy atom. The number of carbonyl (C=O) groups is 1. The van der Waals surface area contributed by atoms with Crippen molar-refractivity contribution in [1.82, 2.24) is 10.2 Å². The van der Waals surface area contributed by atoms with E-state index in [9.17, 15) is 22.4 Å². The second-order valence-electron chi connectivity index (χ2n) is 8.55. The van der Waals surface area contributed by atoms with E-state index in [0.29, 0.717) is 5.69 Å². The molecule has 12 heteroatoms. The van der Waals surface area contributed by atoms with E-state index in [1.807, 2.05) is 0 Å². The summed E-state index contributed by atoms with van der Waals surface area (Å²) in [5, 5.41) is 4.72. The summed E-state index contributed by atoms with van der Waals surface area (Å²) in [7, 11) is 0. The molecule has 0 aliphatic carbocycles. The molecule has 1 aliphatic rings. The largest absolute Gasteiger partial charge is 0.459 e. The molecule has 0 saturated heterocycles. The summed E-state index contributed by atoms with van der Waals surface area (Å²) in [4.78, 5) is 13.6. The zero-order chi connectivity index (χ0) is 27.3.